The number of carbonyl (C=O) groups is 1. The van der Waals surface area contributed by atoms with E-state index in [2.05, 4.69) is 27.5 Å². The molecule has 0 saturated heterocycles. The number of benzene rings is 2. The van der Waals surface area contributed by atoms with Crippen LogP contribution in [-0.4, -0.2) is 47.0 Å². The molecule has 0 aliphatic rings. The molecule has 9 heteroatoms. The highest BCUT2D eigenvalue weighted by Gasteiger charge is 2.30. The number of nitrogens with one attached hydrogen (secondary N) is 2. The molecule has 1 aromatic heterocycles. The Kier molecular flexibility index (Phi) is 8.21. The van der Waals surface area contributed by atoms with Crippen LogP contribution in [0.1, 0.15) is 42.0 Å². The molecule has 0 atom stereocenters. The van der Waals surface area contributed by atoms with Crippen molar-refractivity contribution < 1.29 is 18.0 Å². The molecule has 6 nitrogen and oxygen atoms in total. The molecule has 0 aliphatic carbocycles. The molecular formula is C24H28F3N5O. The van der Waals surface area contributed by atoms with Crippen LogP contribution in [0.3, 0.4) is 0 Å². The molecule has 3 aromatic rings. The summed E-state index contributed by atoms with van der Waals surface area (Å²) in [6.45, 7) is 6.92. The first kappa shape index (κ1) is 24.4. The maximum atomic E-state index is 12.9. The van der Waals surface area contributed by atoms with Crippen LogP contribution in [0.25, 0.3) is 10.9 Å². The van der Waals surface area contributed by atoms with Gasteiger partial charge >= 0.3 is 6.18 Å². The summed E-state index contributed by atoms with van der Waals surface area (Å²) < 4.78 is 38.5. The Hall–Kier alpha value is -3.20. The number of fused-ring (bicyclic) bond motifs is 1. The Labute approximate surface area is 191 Å². The Morgan fingerprint density at radius 2 is 1.73 bits per heavy atom. The van der Waals surface area contributed by atoms with E-state index in [4.69, 9.17) is 0 Å². The predicted molar refractivity (Wildman–Crippen MR) is 123 cm³/mol. The number of aromatic nitrogens is 2. The lowest BCUT2D eigenvalue weighted by molar-refractivity contribution is -0.137. The fourth-order valence-corrected chi connectivity index (χ4v) is 3.41. The van der Waals surface area contributed by atoms with Gasteiger partial charge in [0.15, 0.2) is 5.82 Å². The van der Waals surface area contributed by atoms with Gasteiger partial charge in [0.25, 0.3) is 5.91 Å². The fourth-order valence-electron chi connectivity index (χ4n) is 3.41. The maximum Gasteiger partial charge on any atom is 0.416 e. The van der Waals surface area contributed by atoms with Gasteiger partial charge in [0.1, 0.15) is 5.82 Å². The molecular weight excluding hydrogens is 431 g/mol. The first-order valence-electron chi connectivity index (χ1n) is 11.0. The van der Waals surface area contributed by atoms with Crippen molar-refractivity contribution in [3.8, 4) is 0 Å². The summed E-state index contributed by atoms with van der Waals surface area (Å²) in [6.07, 6.45) is -3.52. The monoisotopic (exact) mass is 459 g/mol. The molecule has 0 fully saturated rings. The van der Waals surface area contributed by atoms with Gasteiger partial charge in [-0.2, -0.15) is 13.2 Å². The van der Waals surface area contributed by atoms with Crippen molar-refractivity contribution in [2.24, 2.45) is 0 Å². The van der Waals surface area contributed by atoms with Crippen LogP contribution in [0, 0.1) is 0 Å². The molecule has 2 N–H and O–H groups in total. The average Bonchev–Trinajstić information content (AvgIpc) is 2.81. The molecule has 0 radical (unpaired) electrons. The number of rotatable bonds is 10. The van der Waals surface area contributed by atoms with Crippen LogP contribution in [0.5, 0.6) is 0 Å². The highest BCUT2D eigenvalue weighted by Crippen LogP contribution is 2.29. The maximum absolute atomic E-state index is 12.9. The lowest BCUT2D eigenvalue weighted by Crippen LogP contribution is -2.31. The van der Waals surface area contributed by atoms with Crippen LogP contribution in [0.2, 0.25) is 0 Å². The third-order valence-corrected chi connectivity index (χ3v) is 5.18. The minimum absolute atomic E-state index is 0.146. The Balaban J connectivity index is 1.79. The van der Waals surface area contributed by atoms with E-state index in [1.54, 1.807) is 0 Å². The number of amides is 1. The van der Waals surface area contributed by atoms with Gasteiger partial charge in [-0.1, -0.05) is 19.1 Å². The molecule has 3 rings (SSSR count). The second-order valence-electron chi connectivity index (χ2n) is 7.53. The Morgan fingerprint density at radius 3 is 2.39 bits per heavy atom. The SMILES string of the molecule is CCNCCCNc1nc(CN(CC)C(=O)c2ccc(C(F)(F)F)cc2)nc2ccccc12. The quantitative estimate of drug-likeness (QED) is 0.429. The smallest absolute Gasteiger partial charge is 0.369 e. The van der Waals surface area contributed by atoms with Crippen LogP contribution in [0.4, 0.5) is 19.0 Å². The molecule has 0 spiro atoms. The molecule has 2 aromatic carbocycles. The van der Waals surface area contributed by atoms with Gasteiger partial charge in [0.2, 0.25) is 0 Å². The first-order chi connectivity index (χ1) is 15.8. The Morgan fingerprint density at radius 1 is 1.00 bits per heavy atom. The van der Waals surface area contributed by atoms with Crippen molar-refractivity contribution in [2.45, 2.75) is 33.0 Å². The first-order valence-corrected chi connectivity index (χ1v) is 11.0. The van der Waals surface area contributed by atoms with Crippen molar-refractivity contribution >= 4 is 22.6 Å². The normalized spacial score (nSPS) is 11.5. The zero-order valence-electron chi connectivity index (χ0n) is 18.7. The average molecular weight is 460 g/mol. The van der Waals surface area contributed by atoms with Crippen LogP contribution in [-0.2, 0) is 12.7 Å². The summed E-state index contributed by atoms with van der Waals surface area (Å²) in [5.41, 5.74) is 0.159. The number of para-hydroxylation sites is 1. The van der Waals surface area contributed by atoms with Crippen LogP contribution in [0.15, 0.2) is 48.5 Å². The van der Waals surface area contributed by atoms with Crippen LogP contribution < -0.4 is 10.6 Å². The highest BCUT2D eigenvalue weighted by molar-refractivity contribution is 5.94. The van der Waals surface area contributed by atoms with Crippen molar-refractivity contribution in [1.82, 2.24) is 20.2 Å². The van der Waals surface area contributed by atoms with E-state index >= 15 is 0 Å². The van der Waals surface area contributed by atoms with E-state index < -0.39 is 11.7 Å². The van der Waals surface area contributed by atoms with Gasteiger partial charge in [0.05, 0.1) is 17.6 Å². The van der Waals surface area contributed by atoms with Crippen molar-refractivity contribution in [3.63, 3.8) is 0 Å². The van der Waals surface area contributed by atoms with Gasteiger partial charge in [0, 0.05) is 24.0 Å². The molecule has 33 heavy (non-hydrogen) atoms. The van der Waals surface area contributed by atoms with Gasteiger partial charge in [-0.3, -0.25) is 4.79 Å². The summed E-state index contributed by atoms with van der Waals surface area (Å²) in [7, 11) is 0. The van der Waals surface area contributed by atoms with E-state index in [0.717, 1.165) is 49.1 Å². The van der Waals surface area contributed by atoms with E-state index in [-0.39, 0.29) is 18.0 Å². The van der Waals surface area contributed by atoms with E-state index in [1.807, 2.05) is 31.2 Å². The lowest BCUT2D eigenvalue weighted by Gasteiger charge is -2.21. The van der Waals surface area contributed by atoms with Gasteiger partial charge in [-0.05, 0) is 62.8 Å². The summed E-state index contributed by atoms with van der Waals surface area (Å²) in [4.78, 5) is 23.7. The zero-order chi connectivity index (χ0) is 23.8. The summed E-state index contributed by atoms with van der Waals surface area (Å²) in [6, 6.07) is 11.9. The molecule has 0 unspecified atom stereocenters. The molecule has 1 amide bonds. The van der Waals surface area contributed by atoms with Crippen molar-refractivity contribution in [1.29, 1.82) is 0 Å². The molecule has 0 aliphatic heterocycles. The van der Waals surface area contributed by atoms with Crippen molar-refractivity contribution in [3.05, 3.63) is 65.5 Å². The van der Waals surface area contributed by atoms with E-state index in [9.17, 15) is 18.0 Å². The minimum atomic E-state index is -4.44. The third-order valence-electron chi connectivity index (χ3n) is 5.18. The number of halogens is 3. The van der Waals surface area contributed by atoms with Gasteiger partial charge < -0.3 is 15.5 Å². The second kappa shape index (κ2) is 11.1. The van der Waals surface area contributed by atoms with Gasteiger partial charge in [-0.25, -0.2) is 9.97 Å². The standard InChI is InChI=1S/C24H28F3N5O/c1-3-28-14-7-15-29-22-19-8-5-6-9-20(19)30-21(31-22)16-32(4-2)23(33)17-10-12-18(13-11-17)24(25,26)27/h5-6,8-13,28H,3-4,7,14-16H2,1-2H3,(H,29,30,31). The van der Waals surface area contributed by atoms with E-state index in [0.29, 0.717) is 18.2 Å². The number of hydrogen-bond donors (Lipinski definition) is 2. The summed E-state index contributed by atoms with van der Waals surface area (Å²) in [5.74, 6) is 0.790. The number of nitrogens with zero attached hydrogens (tertiary/aromatic N) is 3. The number of hydrogen-bond acceptors (Lipinski definition) is 5. The largest absolute Gasteiger partial charge is 0.416 e. The molecule has 0 bridgehead atoms. The zero-order valence-corrected chi connectivity index (χ0v) is 18.7. The number of alkyl halides is 3. The highest BCUT2D eigenvalue weighted by atomic mass is 19.4. The molecule has 1 heterocycles. The lowest BCUT2D eigenvalue weighted by atomic mass is 10.1. The van der Waals surface area contributed by atoms with Gasteiger partial charge in [-0.15, -0.1) is 0 Å². The van der Waals surface area contributed by atoms with Crippen LogP contribution >= 0.6 is 0 Å². The summed E-state index contributed by atoms with van der Waals surface area (Å²) in [5, 5.41) is 7.53. The number of carbonyl (C=O) groups excluding carboxylic acids is 1. The Bertz CT molecular complexity index is 1070. The minimum Gasteiger partial charge on any atom is -0.369 e. The predicted octanol–water partition coefficient (Wildman–Crippen LogP) is 4.72. The number of anilines is 1. The van der Waals surface area contributed by atoms with E-state index in [1.165, 1.54) is 17.0 Å². The third kappa shape index (κ3) is 6.41. The molecule has 0 saturated carbocycles. The summed E-state index contributed by atoms with van der Waals surface area (Å²) >= 11 is 0. The molecule has 176 valence electrons. The topological polar surface area (TPSA) is 70.2 Å². The second-order valence-corrected chi connectivity index (χ2v) is 7.53. The fraction of sp³-hybridized carbons (Fsp3) is 0.375. The van der Waals surface area contributed by atoms with Crippen molar-refractivity contribution in [2.75, 3.05) is 31.5 Å².